The molecule has 0 aliphatic rings. The first kappa shape index (κ1) is 9.39. The van der Waals surface area contributed by atoms with E-state index >= 15 is 0 Å². The van der Waals surface area contributed by atoms with Crippen LogP contribution >= 0.6 is 0 Å². The summed E-state index contributed by atoms with van der Waals surface area (Å²) in [4.78, 5) is 11.4. The van der Waals surface area contributed by atoms with Gasteiger partial charge in [0, 0.05) is 6.07 Å². The standard InChI is InChI=1S/C10H8FN3O/c11-7-2-1-3-9(4-7)14-10(15)5-8(12)6-13-14/h1-6H,12H2. The van der Waals surface area contributed by atoms with Crippen LogP contribution in [0.4, 0.5) is 10.1 Å². The molecule has 0 bridgehead atoms. The number of rotatable bonds is 1. The van der Waals surface area contributed by atoms with Gasteiger partial charge in [-0.05, 0) is 18.2 Å². The van der Waals surface area contributed by atoms with E-state index in [1.165, 1.54) is 30.5 Å². The van der Waals surface area contributed by atoms with Crippen molar-refractivity contribution in [1.29, 1.82) is 0 Å². The van der Waals surface area contributed by atoms with Crippen LogP contribution in [0.5, 0.6) is 0 Å². The zero-order valence-electron chi connectivity index (χ0n) is 7.72. The third-order valence-corrected chi connectivity index (χ3v) is 1.87. The first-order valence-electron chi connectivity index (χ1n) is 4.27. The highest BCUT2D eigenvalue weighted by Gasteiger charge is 2.01. The Hall–Kier alpha value is -2.17. The lowest BCUT2D eigenvalue weighted by atomic mass is 10.3. The van der Waals surface area contributed by atoms with Gasteiger partial charge in [-0.2, -0.15) is 9.78 Å². The number of anilines is 1. The first-order chi connectivity index (χ1) is 7.16. The molecule has 2 aromatic rings. The normalized spacial score (nSPS) is 10.2. The smallest absolute Gasteiger partial charge is 0.273 e. The first-order valence-corrected chi connectivity index (χ1v) is 4.27. The van der Waals surface area contributed by atoms with Crippen molar-refractivity contribution in [3.8, 4) is 5.69 Å². The van der Waals surface area contributed by atoms with Gasteiger partial charge < -0.3 is 5.73 Å². The molecule has 0 amide bonds. The average Bonchev–Trinajstić information content (AvgIpc) is 2.17. The summed E-state index contributed by atoms with van der Waals surface area (Å²) >= 11 is 0. The molecule has 2 N–H and O–H groups in total. The highest BCUT2D eigenvalue weighted by atomic mass is 19.1. The summed E-state index contributed by atoms with van der Waals surface area (Å²) in [5.74, 6) is -0.418. The Balaban J connectivity index is 2.59. The van der Waals surface area contributed by atoms with Crippen LogP contribution in [0.15, 0.2) is 41.3 Å². The molecule has 76 valence electrons. The fraction of sp³-hybridized carbons (Fsp3) is 0. The highest BCUT2D eigenvalue weighted by molar-refractivity contribution is 5.36. The lowest BCUT2D eigenvalue weighted by Crippen LogP contribution is -2.20. The highest BCUT2D eigenvalue weighted by Crippen LogP contribution is 2.06. The minimum atomic E-state index is -0.418. The van der Waals surface area contributed by atoms with E-state index in [0.717, 1.165) is 4.68 Å². The Morgan fingerprint density at radius 1 is 1.33 bits per heavy atom. The van der Waals surface area contributed by atoms with E-state index in [0.29, 0.717) is 5.69 Å². The van der Waals surface area contributed by atoms with Crippen LogP contribution in [0.2, 0.25) is 0 Å². The SMILES string of the molecule is Nc1cnn(-c2cccc(F)c2)c(=O)c1. The molecule has 0 aliphatic heterocycles. The summed E-state index contributed by atoms with van der Waals surface area (Å²) in [6.07, 6.45) is 1.34. The van der Waals surface area contributed by atoms with Gasteiger partial charge in [0.15, 0.2) is 0 Å². The second-order valence-electron chi connectivity index (χ2n) is 3.02. The minimum Gasteiger partial charge on any atom is -0.397 e. The van der Waals surface area contributed by atoms with E-state index in [9.17, 15) is 9.18 Å². The Morgan fingerprint density at radius 2 is 2.13 bits per heavy atom. The van der Waals surface area contributed by atoms with Crippen molar-refractivity contribution in [3.05, 3.63) is 52.7 Å². The molecule has 0 spiro atoms. The molecule has 0 atom stereocenters. The van der Waals surface area contributed by atoms with Gasteiger partial charge in [0.25, 0.3) is 5.56 Å². The van der Waals surface area contributed by atoms with Gasteiger partial charge in [0.05, 0.1) is 17.6 Å². The molecule has 5 heteroatoms. The predicted octanol–water partition coefficient (Wildman–Crippen LogP) is 0.954. The minimum absolute atomic E-state index is 0.285. The number of nitrogens with two attached hydrogens (primary N) is 1. The van der Waals surface area contributed by atoms with Crippen LogP contribution in [0.3, 0.4) is 0 Å². The fourth-order valence-corrected chi connectivity index (χ4v) is 1.22. The van der Waals surface area contributed by atoms with E-state index in [1.807, 2.05) is 0 Å². The van der Waals surface area contributed by atoms with Crippen molar-refractivity contribution < 1.29 is 4.39 Å². The van der Waals surface area contributed by atoms with Crippen molar-refractivity contribution >= 4 is 5.69 Å². The monoisotopic (exact) mass is 205 g/mol. The van der Waals surface area contributed by atoms with Crippen LogP contribution in [0.25, 0.3) is 5.69 Å². The summed E-state index contributed by atoms with van der Waals surface area (Å²) in [6, 6.07) is 6.86. The Labute approximate surface area is 84.8 Å². The molecule has 15 heavy (non-hydrogen) atoms. The molecule has 4 nitrogen and oxygen atoms in total. The van der Waals surface area contributed by atoms with Crippen molar-refractivity contribution in [2.75, 3.05) is 5.73 Å². The van der Waals surface area contributed by atoms with Crippen molar-refractivity contribution in [2.45, 2.75) is 0 Å². The number of hydrogen-bond acceptors (Lipinski definition) is 3. The van der Waals surface area contributed by atoms with Crippen LogP contribution in [-0.4, -0.2) is 9.78 Å². The lowest BCUT2D eigenvalue weighted by molar-refractivity contribution is 0.624. The van der Waals surface area contributed by atoms with Gasteiger partial charge in [-0.25, -0.2) is 4.39 Å². The van der Waals surface area contributed by atoms with Gasteiger partial charge in [-0.3, -0.25) is 4.79 Å². The number of hydrogen-bond donors (Lipinski definition) is 1. The van der Waals surface area contributed by atoms with Gasteiger partial charge in [0.1, 0.15) is 5.82 Å². The zero-order valence-corrected chi connectivity index (χ0v) is 7.72. The van der Waals surface area contributed by atoms with Crippen molar-refractivity contribution in [2.24, 2.45) is 0 Å². The predicted molar refractivity (Wildman–Crippen MR) is 54.2 cm³/mol. The van der Waals surface area contributed by atoms with E-state index in [2.05, 4.69) is 5.10 Å². The average molecular weight is 205 g/mol. The largest absolute Gasteiger partial charge is 0.397 e. The third kappa shape index (κ3) is 1.85. The van der Waals surface area contributed by atoms with E-state index < -0.39 is 5.82 Å². The van der Waals surface area contributed by atoms with E-state index in [-0.39, 0.29) is 11.2 Å². The summed E-state index contributed by atoms with van der Waals surface area (Å²) in [6.45, 7) is 0. The van der Waals surface area contributed by atoms with Crippen LogP contribution in [-0.2, 0) is 0 Å². The maximum Gasteiger partial charge on any atom is 0.273 e. The summed E-state index contributed by atoms with van der Waals surface area (Å²) in [5.41, 5.74) is 5.66. The molecule has 2 rings (SSSR count). The van der Waals surface area contributed by atoms with Gasteiger partial charge >= 0.3 is 0 Å². The van der Waals surface area contributed by atoms with Gasteiger partial charge in [-0.15, -0.1) is 0 Å². The number of halogens is 1. The second kappa shape index (κ2) is 3.53. The van der Waals surface area contributed by atoms with Crippen molar-refractivity contribution in [1.82, 2.24) is 9.78 Å². The molecule has 1 heterocycles. The molecule has 0 aliphatic carbocycles. The summed E-state index contributed by atoms with van der Waals surface area (Å²) in [7, 11) is 0. The van der Waals surface area contributed by atoms with Crippen LogP contribution < -0.4 is 11.3 Å². The van der Waals surface area contributed by atoms with Crippen LogP contribution in [0.1, 0.15) is 0 Å². The van der Waals surface area contributed by atoms with E-state index in [1.54, 1.807) is 6.07 Å². The Kier molecular flexibility index (Phi) is 2.21. The second-order valence-corrected chi connectivity index (χ2v) is 3.02. The molecule has 0 saturated carbocycles. The maximum absolute atomic E-state index is 12.9. The Bertz CT molecular complexity index is 550. The molecule has 0 fully saturated rings. The van der Waals surface area contributed by atoms with E-state index in [4.69, 9.17) is 5.73 Å². The lowest BCUT2D eigenvalue weighted by Gasteiger charge is -2.03. The Morgan fingerprint density at radius 3 is 2.80 bits per heavy atom. The van der Waals surface area contributed by atoms with Gasteiger partial charge in [0.2, 0.25) is 0 Å². The molecular formula is C10H8FN3O. The quantitative estimate of drug-likeness (QED) is 0.754. The molecule has 0 saturated heterocycles. The van der Waals surface area contributed by atoms with Gasteiger partial charge in [-0.1, -0.05) is 6.07 Å². The number of benzene rings is 1. The molecule has 0 unspecified atom stereocenters. The maximum atomic E-state index is 12.9. The summed E-state index contributed by atoms with van der Waals surface area (Å²) < 4.78 is 14.0. The number of nitrogens with zero attached hydrogens (tertiary/aromatic N) is 2. The summed E-state index contributed by atoms with van der Waals surface area (Å²) in [5, 5.41) is 3.80. The molecule has 0 radical (unpaired) electrons. The third-order valence-electron chi connectivity index (χ3n) is 1.87. The zero-order chi connectivity index (χ0) is 10.8. The topological polar surface area (TPSA) is 60.9 Å². The van der Waals surface area contributed by atoms with Crippen LogP contribution in [0, 0.1) is 5.82 Å². The fourth-order valence-electron chi connectivity index (χ4n) is 1.22. The number of nitrogen functional groups attached to an aromatic ring is 1. The number of aromatic nitrogens is 2. The van der Waals surface area contributed by atoms with Crippen molar-refractivity contribution in [3.63, 3.8) is 0 Å². The molecule has 1 aromatic heterocycles. The molecular weight excluding hydrogens is 197 g/mol. The molecule has 1 aromatic carbocycles.